The molecule has 0 aliphatic carbocycles. The fourth-order valence-corrected chi connectivity index (χ4v) is 2.92. The van der Waals surface area contributed by atoms with Crippen LogP contribution in [-0.4, -0.2) is 18.9 Å². The molecule has 2 rings (SSSR count). The molecule has 2 nitrogen and oxygen atoms in total. The molecule has 0 amide bonds. The van der Waals surface area contributed by atoms with E-state index in [0.29, 0.717) is 6.04 Å². The van der Waals surface area contributed by atoms with Gasteiger partial charge in [-0.05, 0) is 36.6 Å². The molecule has 0 saturated heterocycles. The van der Waals surface area contributed by atoms with Crippen molar-refractivity contribution in [2.45, 2.75) is 24.3 Å². The van der Waals surface area contributed by atoms with Crippen molar-refractivity contribution in [3.63, 3.8) is 0 Å². The highest BCUT2D eigenvalue weighted by Gasteiger charge is 2.19. The van der Waals surface area contributed by atoms with Crippen molar-refractivity contribution < 1.29 is 4.74 Å². The summed E-state index contributed by atoms with van der Waals surface area (Å²) in [5.74, 6) is 2.00. The molecule has 0 saturated carbocycles. The van der Waals surface area contributed by atoms with E-state index in [4.69, 9.17) is 10.5 Å². The number of ether oxygens (including phenoxy) is 1. The zero-order valence-electron chi connectivity index (χ0n) is 8.54. The second-order valence-electron chi connectivity index (χ2n) is 3.64. The fourth-order valence-electron chi connectivity index (χ4n) is 1.84. The molecule has 0 radical (unpaired) electrons. The molecule has 1 heterocycles. The van der Waals surface area contributed by atoms with Crippen molar-refractivity contribution in [1.29, 1.82) is 0 Å². The molecule has 76 valence electrons. The first kappa shape index (κ1) is 9.87. The fraction of sp³-hybridized carbons (Fsp3) is 0.455. The maximum absolute atomic E-state index is 5.95. The summed E-state index contributed by atoms with van der Waals surface area (Å²) in [5, 5.41) is 0. The van der Waals surface area contributed by atoms with Crippen LogP contribution in [0, 0.1) is 6.92 Å². The summed E-state index contributed by atoms with van der Waals surface area (Å²) in [5.41, 5.74) is 8.56. The van der Waals surface area contributed by atoms with Crippen molar-refractivity contribution in [2.75, 3.05) is 12.9 Å². The van der Waals surface area contributed by atoms with Crippen LogP contribution < -0.4 is 10.5 Å². The van der Waals surface area contributed by atoms with Gasteiger partial charge in [-0.3, -0.25) is 0 Å². The Hall–Kier alpha value is -0.670. The Morgan fingerprint density at radius 2 is 2.29 bits per heavy atom. The monoisotopic (exact) mass is 209 g/mol. The molecule has 0 aromatic heterocycles. The van der Waals surface area contributed by atoms with Gasteiger partial charge in [0, 0.05) is 16.7 Å². The Labute approximate surface area is 88.8 Å². The van der Waals surface area contributed by atoms with Gasteiger partial charge < -0.3 is 10.5 Å². The molecule has 0 fully saturated rings. The van der Waals surface area contributed by atoms with Crippen molar-refractivity contribution in [2.24, 2.45) is 5.73 Å². The summed E-state index contributed by atoms with van der Waals surface area (Å²) < 4.78 is 5.30. The standard InChI is InChI=1S/C11H15NOS/c1-7-9-5-8(12)6-14-11(9)4-3-10(7)13-2/h3-4,8H,5-6,12H2,1-2H3. The zero-order valence-corrected chi connectivity index (χ0v) is 9.36. The first-order valence-corrected chi connectivity index (χ1v) is 5.75. The van der Waals surface area contributed by atoms with Crippen LogP contribution in [0.4, 0.5) is 0 Å². The second-order valence-corrected chi connectivity index (χ2v) is 4.71. The number of thioether (sulfide) groups is 1. The summed E-state index contributed by atoms with van der Waals surface area (Å²) >= 11 is 1.85. The van der Waals surface area contributed by atoms with Crippen molar-refractivity contribution >= 4 is 11.8 Å². The van der Waals surface area contributed by atoms with Gasteiger partial charge in [0.2, 0.25) is 0 Å². The summed E-state index contributed by atoms with van der Waals surface area (Å²) in [6.07, 6.45) is 0.978. The third-order valence-electron chi connectivity index (χ3n) is 2.64. The minimum Gasteiger partial charge on any atom is -0.496 e. The van der Waals surface area contributed by atoms with Crippen LogP contribution in [-0.2, 0) is 6.42 Å². The van der Waals surface area contributed by atoms with E-state index in [1.165, 1.54) is 16.0 Å². The van der Waals surface area contributed by atoms with Gasteiger partial charge in [0.1, 0.15) is 5.75 Å². The minimum absolute atomic E-state index is 0.290. The summed E-state index contributed by atoms with van der Waals surface area (Å²) in [7, 11) is 1.71. The van der Waals surface area contributed by atoms with Gasteiger partial charge in [0.25, 0.3) is 0 Å². The molecule has 1 aliphatic rings. The van der Waals surface area contributed by atoms with Crippen LogP contribution >= 0.6 is 11.8 Å². The molecule has 1 aromatic carbocycles. The largest absolute Gasteiger partial charge is 0.496 e. The number of rotatable bonds is 1. The molecule has 0 bridgehead atoms. The van der Waals surface area contributed by atoms with E-state index in [0.717, 1.165) is 17.9 Å². The van der Waals surface area contributed by atoms with Crippen molar-refractivity contribution in [1.82, 2.24) is 0 Å². The normalized spacial score (nSPS) is 20.4. The Kier molecular flexibility index (Phi) is 2.70. The molecule has 3 heteroatoms. The number of hydrogen-bond acceptors (Lipinski definition) is 3. The number of benzene rings is 1. The number of methoxy groups -OCH3 is 1. The summed E-state index contributed by atoms with van der Waals surface area (Å²) in [4.78, 5) is 1.37. The van der Waals surface area contributed by atoms with Crippen molar-refractivity contribution in [3.05, 3.63) is 23.3 Å². The Balaban J connectivity index is 2.45. The Bertz CT molecular complexity index is 351. The Morgan fingerprint density at radius 3 is 3.00 bits per heavy atom. The highest BCUT2D eigenvalue weighted by atomic mass is 32.2. The maximum atomic E-state index is 5.95. The average molecular weight is 209 g/mol. The molecule has 2 N–H and O–H groups in total. The quantitative estimate of drug-likeness (QED) is 0.768. The molecular formula is C11H15NOS. The van der Waals surface area contributed by atoms with E-state index >= 15 is 0 Å². The minimum atomic E-state index is 0.290. The molecule has 1 unspecified atom stereocenters. The highest BCUT2D eigenvalue weighted by molar-refractivity contribution is 7.99. The van der Waals surface area contributed by atoms with E-state index in [2.05, 4.69) is 13.0 Å². The lowest BCUT2D eigenvalue weighted by Gasteiger charge is -2.23. The number of nitrogens with two attached hydrogens (primary N) is 1. The van der Waals surface area contributed by atoms with Crippen molar-refractivity contribution in [3.8, 4) is 5.75 Å². The number of hydrogen-bond donors (Lipinski definition) is 1. The smallest absolute Gasteiger partial charge is 0.122 e. The van der Waals surface area contributed by atoms with E-state index < -0.39 is 0 Å². The van der Waals surface area contributed by atoms with Gasteiger partial charge in [0.15, 0.2) is 0 Å². The molecule has 1 aliphatic heterocycles. The summed E-state index contributed by atoms with van der Waals surface area (Å²) in [6.45, 7) is 2.11. The van der Waals surface area contributed by atoms with Gasteiger partial charge in [-0.1, -0.05) is 0 Å². The lowest BCUT2D eigenvalue weighted by atomic mass is 10.0. The lowest BCUT2D eigenvalue weighted by molar-refractivity contribution is 0.410. The van der Waals surface area contributed by atoms with Gasteiger partial charge in [-0.2, -0.15) is 0 Å². The first-order valence-electron chi connectivity index (χ1n) is 4.77. The molecule has 0 spiro atoms. The first-order chi connectivity index (χ1) is 6.72. The van der Waals surface area contributed by atoms with Gasteiger partial charge in [-0.25, -0.2) is 0 Å². The molecular weight excluding hydrogens is 194 g/mol. The van der Waals surface area contributed by atoms with Gasteiger partial charge >= 0.3 is 0 Å². The second kappa shape index (κ2) is 3.83. The van der Waals surface area contributed by atoms with E-state index in [9.17, 15) is 0 Å². The van der Waals surface area contributed by atoms with Crippen LogP contribution in [0.2, 0.25) is 0 Å². The Morgan fingerprint density at radius 1 is 1.50 bits per heavy atom. The summed E-state index contributed by atoms with van der Waals surface area (Å²) in [6, 6.07) is 4.47. The predicted molar refractivity (Wildman–Crippen MR) is 60.1 cm³/mol. The zero-order chi connectivity index (χ0) is 10.1. The molecule has 14 heavy (non-hydrogen) atoms. The lowest BCUT2D eigenvalue weighted by Crippen LogP contribution is -2.29. The van der Waals surface area contributed by atoms with Crippen LogP contribution in [0.5, 0.6) is 5.75 Å². The van der Waals surface area contributed by atoms with Gasteiger partial charge in [0.05, 0.1) is 7.11 Å². The van der Waals surface area contributed by atoms with Crippen LogP contribution in [0.25, 0.3) is 0 Å². The van der Waals surface area contributed by atoms with Crippen LogP contribution in [0.15, 0.2) is 17.0 Å². The molecule has 1 aromatic rings. The third kappa shape index (κ3) is 1.62. The maximum Gasteiger partial charge on any atom is 0.122 e. The SMILES string of the molecule is COc1ccc2c(c1C)CC(N)CS2. The van der Waals surface area contributed by atoms with E-state index in [1.807, 2.05) is 17.8 Å². The average Bonchev–Trinajstić information content (AvgIpc) is 2.20. The van der Waals surface area contributed by atoms with Crippen LogP contribution in [0.3, 0.4) is 0 Å². The topological polar surface area (TPSA) is 35.2 Å². The molecule has 1 atom stereocenters. The van der Waals surface area contributed by atoms with E-state index in [1.54, 1.807) is 7.11 Å². The van der Waals surface area contributed by atoms with E-state index in [-0.39, 0.29) is 0 Å². The van der Waals surface area contributed by atoms with Crippen LogP contribution in [0.1, 0.15) is 11.1 Å². The highest BCUT2D eigenvalue weighted by Crippen LogP contribution is 2.35. The number of fused-ring (bicyclic) bond motifs is 1. The predicted octanol–water partition coefficient (Wildman–Crippen LogP) is 1.98. The third-order valence-corrected chi connectivity index (χ3v) is 3.93. The van der Waals surface area contributed by atoms with Gasteiger partial charge in [-0.15, -0.1) is 11.8 Å².